The number of esters is 2. The van der Waals surface area contributed by atoms with Crippen LogP contribution in [0.1, 0.15) is 295 Å². The van der Waals surface area contributed by atoms with Crippen molar-refractivity contribution in [2.45, 2.75) is 287 Å². The molecule has 650 valence electrons. The number of aryl methyl sites for hydroxylation is 3. The maximum absolute atomic E-state index is 13.4. The van der Waals surface area contributed by atoms with Gasteiger partial charge in [-0.2, -0.15) is 0 Å². The molecule has 0 spiro atoms. The molecule has 3 unspecified atom stereocenters. The van der Waals surface area contributed by atoms with Gasteiger partial charge in [0.05, 0.1) is 81.0 Å². The van der Waals surface area contributed by atoms with E-state index in [0.717, 1.165) is 301 Å². The van der Waals surface area contributed by atoms with Crippen LogP contribution in [0.25, 0.3) is 33.4 Å². The normalized spacial score (nSPS) is 20.2. The Bertz CT molecular complexity index is 5090. The second kappa shape index (κ2) is 38.3. The Balaban J connectivity index is 0.000000133. The number of nitrogens with one attached hydrogen (secondary N) is 2. The highest BCUT2D eigenvalue weighted by Crippen LogP contribution is 2.55. The Labute approximate surface area is 714 Å². The molecular weight excluding hydrogens is 1600 g/mol. The van der Waals surface area contributed by atoms with Crippen LogP contribution < -0.4 is 29.4 Å². The summed E-state index contributed by atoms with van der Waals surface area (Å²) in [6.07, 6.45) is 30.9. The second-order valence-corrected chi connectivity index (χ2v) is 42.3. The molecular formula is C95H122ClN3O18S3. The minimum Gasteiger partial charge on any atom is -0.493 e. The number of rotatable bonds is 28. The number of nitrogens with two attached hydrogens (primary N) is 1. The van der Waals surface area contributed by atoms with Gasteiger partial charge in [0.15, 0.2) is 18.3 Å². The predicted octanol–water partition coefficient (Wildman–Crippen LogP) is 20.0. The summed E-state index contributed by atoms with van der Waals surface area (Å²) in [7, 11) is -2.47. The van der Waals surface area contributed by atoms with Crippen LogP contribution in [0.4, 0.5) is 17.1 Å². The topological polar surface area (TPSA) is 298 Å². The van der Waals surface area contributed by atoms with Crippen molar-refractivity contribution in [1.82, 2.24) is 0 Å². The second-order valence-electron chi connectivity index (χ2n) is 36.0. The van der Waals surface area contributed by atoms with Crippen LogP contribution in [0.3, 0.4) is 0 Å². The predicted molar refractivity (Wildman–Crippen MR) is 468 cm³/mol. The molecule has 0 aromatic heterocycles. The van der Waals surface area contributed by atoms with Crippen LogP contribution in [0.2, 0.25) is 0 Å². The number of ether oxygens (including phenoxy) is 8. The first kappa shape index (κ1) is 87.5. The van der Waals surface area contributed by atoms with Crippen LogP contribution in [-0.2, 0) is 86.4 Å². The van der Waals surface area contributed by atoms with Crippen molar-refractivity contribution in [2.75, 3.05) is 66.5 Å². The van der Waals surface area contributed by atoms with Crippen molar-refractivity contribution in [1.29, 1.82) is 0 Å². The lowest BCUT2D eigenvalue weighted by atomic mass is 9.84. The van der Waals surface area contributed by atoms with Crippen molar-refractivity contribution < 1.29 is 82.6 Å². The van der Waals surface area contributed by atoms with E-state index in [1.165, 1.54) is 44.6 Å². The first-order valence-electron chi connectivity index (χ1n) is 44.6. The zero-order valence-corrected chi connectivity index (χ0v) is 73.7. The third-order valence-electron chi connectivity index (χ3n) is 26.1. The fraction of sp³-hybridized carbons (Fsp3) is 0.589. The average molecular weight is 1730 g/mol. The van der Waals surface area contributed by atoms with Gasteiger partial charge in [0.25, 0.3) is 0 Å². The Morgan fingerprint density at radius 1 is 0.425 bits per heavy atom. The summed E-state index contributed by atoms with van der Waals surface area (Å²) in [5.74, 6) is 3.04. The molecule has 21 nitrogen and oxygen atoms in total. The Morgan fingerprint density at radius 3 is 1.06 bits per heavy atom. The van der Waals surface area contributed by atoms with E-state index >= 15 is 0 Å². The third-order valence-corrected chi connectivity index (χ3v) is 30.3. The summed E-state index contributed by atoms with van der Waals surface area (Å²) >= 11 is 0. The van der Waals surface area contributed by atoms with E-state index in [0.29, 0.717) is 52.5 Å². The molecule has 0 saturated heterocycles. The molecule has 3 atom stereocenters. The van der Waals surface area contributed by atoms with Crippen molar-refractivity contribution in [3.05, 3.63) is 140 Å². The Hall–Kier alpha value is -7.45. The molecule has 3 aliphatic heterocycles. The molecule has 9 aliphatic carbocycles. The van der Waals surface area contributed by atoms with Crippen molar-refractivity contribution in [2.24, 2.45) is 17.8 Å². The lowest BCUT2D eigenvalue weighted by Gasteiger charge is -2.28. The molecule has 12 aliphatic rings. The summed E-state index contributed by atoms with van der Waals surface area (Å²) in [4.78, 5) is 38.8. The van der Waals surface area contributed by atoms with Crippen LogP contribution in [-0.4, -0.2) is 118 Å². The van der Waals surface area contributed by atoms with Crippen molar-refractivity contribution >= 4 is 74.7 Å². The fourth-order valence-electron chi connectivity index (χ4n) is 18.9. The number of carbonyl (C=O) groups is 3. The van der Waals surface area contributed by atoms with Crippen molar-refractivity contribution in [3.8, 4) is 50.6 Å². The summed E-state index contributed by atoms with van der Waals surface area (Å²) in [6.45, 7) is 7.92. The summed E-state index contributed by atoms with van der Waals surface area (Å²) in [6, 6.07) is 24.9. The number of methoxy groups -OCH3 is 2. The number of anilines is 3. The summed E-state index contributed by atoms with van der Waals surface area (Å²) < 4.78 is 127. The molecule has 6 aromatic carbocycles. The third kappa shape index (κ3) is 22.4. The molecule has 18 rings (SSSR count). The number of carboxylic acid groups (broad SMARTS) is 1. The van der Waals surface area contributed by atoms with Gasteiger partial charge in [0, 0.05) is 33.1 Å². The smallest absolute Gasteiger partial charge is 0.339 e. The van der Waals surface area contributed by atoms with E-state index in [2.05, 4.69) is 51.9 Å². The van der Waals surface area contributed by atoms with E-state index < -0.39 is 59.3 Å². The number of carboxylic acids is 1. The molecule has 3 heterocycles. The van der Waals surface area contributed by atoms with E-state index in [1.807, 2.05) is 51.1 Å². The molecule has 0 amide bonds. The van der Waals surface area contributed by atoms with E-state index in [9.17, 15) is 44.7 Å². The summed E-state index contributed by atoms with van der Waals surface area (Å²) in [5.41, 5.74) is 25.4. The fourth-order valence-corrected chi connectivity index (χ4v) is 23.5. The highest BCUT2D eigenvalue weighted by molar-refractivity contribution is 8.13. The molecule has 9 fully saturated rings. The lowest BCUT2D eigenvalue weighted by Crippen LogP contribution is -2.26. The van der Waals surface area contributed by atoms with Crippen LogP contribution in [0.15, 0.2) is 72.8 Å². The highest BCUT2D eigenvalue weighted by atomic mass is 35.7. The number of hydrogen-bond donors (Lipinski definition) is 4. The number of fused-ring (bicyclic) bond motifs is 3. The number of halogens is 1. The SMILES string of the molecule is COC(=O)C(OC1CC1)c1c(C)c(N)cc(C2CC2)c1-c1ccc2c(c1)CCCO2.COC(=O)C(OC1CC1)c1c(C)c(NS(=O)(=O)CC2CCCCC2)cc(C2CC2)c1-c1ccc2c(c1)CCCO2.Cc1c(NS(=O)(=O)CC2CCCCC2)cc(C2CC2)c(-c2ccc3c(c2)CCCO3)c1C(OC1CC1)C(=O)O.O=S(=O)(Cl)CC1CCCCC1. The average Bonchev–Trinajstić information content (AvgIpc) is 1.73. The van der Waals surface area contributed by atoms with Crippen LogP contribution >= 0.6 is 10.7 Å². The van der Waals surface area contributed by atoms with Gasteiger partial charge < -0.3 is 48.7 Å². The van der Waals surface area contributed by atoms with Gasteiger partial charge in [-0.3, -0.25) is 9.44 Å². The minimum atomic E-state index is -3.60. The molecule has 9 saturated carbocycles. The van der Waals surface area contributed by atoms with Crippen molar-refractivity contribution in [3.63, 3.8) is 0 Å². The number of nitrogen functional groups attached to an aromatic ring is 1. The summed E-state index contributed by atoms with van der Waals surface area (Å²) in [5, 5.41) is 10.4. The first-order chi connectivity index (χ1) is 57.8. The quantitative estimate of drug-likeness (QED) is 0.0202. The minimum absolute atomic E-state index is 0.00399. The molecule has 120 heavy (non-hydrogen) atoms. The van der Waals surface area contributed by atoms with Crippen LogP contribution in [0.5, 0.6) is 17.2 Å². The van der Waals surface area contributed by atoms with Gasteiger partial charge in [-0.1, -0.05) is 76.0 Å². The highest BCUT2D eigenvalue weighted by Gasteiger charge is 2.43. The monoisotopic (exact) mass is 1720 g/mol. The molecule has 0 radical (unpaired) electrons. The van der Waals surface area contributed by atoms with Gasteiger partial charge in [0.2, 0.25) is 29.1 Å². The number of sulfonamides is 2. The van der Waals surface area contributed by atoms with Gasteiger partial charge in [-0.25, -0.2) is 39.6 Å². The lowest BCUT2D eigenvalue weighted by molar-refractivity contribution is -0.156. The maximum Gasteiger partial charge on any atom is 0.339 e. The molecule has 5 N–H and O–H groups in total. The zero-order chi connectivity index (χ0) is 84.2. The van der Waals surface area contributed by atoms with E-state index in [4.69, 9.17) is 54.3 Å². The van der Waals surface area contributed by atoms with Gasteiger partial charge in [-0.05, 0) is 348 Å². The number of hydrogen-bond acceptors (Lipinski definition) is 18. The van der Waals surface area contributed by atoms with Gasteiger partial charge in [0.1, 0.15) is 17.2 Å². The first-order valence-corrected chi connectivity index (χ1v) is 50.4. The standard InChI is InChI=1S/C32H41NO6S.C31H39NO6S.C25H29NO4.C7H13ClO2S/c1-20-27(33-40(35,36)19-21-7-4-3-5-8-21)18-26(22-10-11-22)30(24-12-15-28-23(17-24)9-6-16-38-28)29(20)31(32(34)37-2)39-25-13-14-25;1-19-26(32-39(35,36)18-20-6-3-2-4-7-20)17-25(21-9-10-21)29(28(19)30(31(33)34)38-24-12-13-24)23-11-14-27-22(16-23)8-5-15-37-27;1-14-20(26)13-19(15-5-6-15)23(17-7-10-21-16(12-17)4-3-11-29-21)22(14)24(25(27)28-2)30-18-8-9-18;8-11(9,10)6-7-4-2-1-3-5-7/h12,15,17-18,21-22,25,31,33H,3-11,13-14,16,19H2,1-2H3;11,14,16-17,20-21,24,30,32H,2-10,12-13,15,18H2,1H3,(H,33,34);7,10,12-13,15,18,24H,3-6,8-9,11,26H2,1-2H3;7H,1-6H2. The number of benzene rings is 6. The largest absolute Gasteiger partial charge is 0.493 e. The number of aliphatic carboxylic acids is 1. The van der Waals surface area contributed by atoms with E-state index in [-0.39, 0.29) is 59.3 Å². The molecule has 0 bridgehead atoms. The van der Waals surface area contributed by atoms with E-state index in [1.54, 1.807) is 0 Å². The molecule has 25 heteroatoms. The molecule has 6 aromatic rings. The van der Waals surface area contributed by atoms with Crippen LogP contribution in [0, 0.1) is 38.5 Å². The van der Waals surface area contributed by atoms with Gasteiger partial charge in [-0.15, -0.1) is 0 Å². The number of carbonyl (C=O) groups excluding carboxylic acids is 2. The zero-order valence-electron chi connectivity index (χ0n) is 70.5. The Kier molecular flexibility index (Phi) is 27.9. The maximum atomic E-state index is 13.4. The van der Waals surface area contributed by atoms with Gasteiger partial charge >= 0.3 is 17.9 Å². The Morgan fingerprint density at radius 2 is 0.742 bits per heavy atom.